The molecule has 0 saturated carbocycles. The Morgan fingerprint density at radius 1 is 1.62 bits per heavy atom. The van der Waals surface area contributed by atoms with E-state index in [2.05, 4.69) is 21.3 Å². The number of hydrogen-bond acceptors (Lipinski definition) is 3. The number of ether oxygens (including phenoxy) is 1. The molecule has 1 heterocycles. The van der Waals surface area contributed by atoms with E-state index in [-0.39, 0.29) is 0 Å². The monoisotopic (exact) mass is 255 g/mol. The van der Waals surface area contributed by atoms with Crippen molar-refractivity contribution >= 4 is 17.6 Å². The van der Waals surface area contributed by atoms with Gasteiger partial charge in [-0.05, 0) is 12.1 Å². The molecule has 1 rings (SSSR count). The molecule has 1 aromatic rings. The van der Waals surface area contributed by atoms with Gasteiger partial charge in [-0.2, -0.15) is 8.78 Å². The van der Waals surface area contributed by atoms with Crippen molar-refractivity contribution in [2.75, 3.05) is 0 Å². The van der Waals surface area contributed by atoms with Crippen LogP contribution in [0.3, 0.4) is 0 Å². The molecule has 1 unspecified atom stereocenters. The predicted octanol–water partition coefficient (Wildman–Crippen LogP) is 2.29. The topological polar surface area (TPSA) is 59.4 Å². The van der Waals surface area contributed by atoms with E-state index in [4.69, 9.17) is 5.11 Å². The third kappa shape index (κ3) is 2.75. The lowest BCUT2D eigenvalue weighted by Crippen LogP contribution is -2.33. The highest BCUT2D eigenvalue weighted by atomic mass is 35.5. The molecule has 88 valence electrons. The van der Waals surface area contributed by atoms with Gasteiger partial charge in [0, 0.05) is 6.20 Å². The highest BCUT2D eigenvalue weighted by Gasteiger charge is 2.43. The maximum Gasteiger partial charge on any atom is 0.444 e. The van der Waals surface area contributed by atoms with E-state index in [1.165, 1.54) is 6.07 Å². The quantitative estimate of drug-likeness (QED) is 0.839. The number of carboxylic acid groups (broad SMARTS) is 1. The summed E-state index contributed by atoms with van der Waals surface area (Å²) in [5.74, 6) is -2.33. The third-order valence-electron chi connectivity index (χ3n) is 1.47. The van der Waals surface area contributed by atoms with Crippen molar-refractivity contribution in [1.82, 2.24) is 4.98 Å². The van der Waals surface area contributed by atoms with Crippen LogP contribution in [0.4, 0.5) is 13.2 Å². The van der Waals surface area contributed by atoms with Crippen molar-refractivity contribution in [2.45, 2.75) is 11.7 Å². The van der Waals surface area contributed by atoms with Crippen molar-refractivity contribution in [3.63, 3.8) is 0 Å². The van der Waals surface area contributed by atoms with Gasteiger partial charge in [-0.1, -0.05) is 11.6 Å². The Morgan fingerprint density at radius 3 is 2.75 bits per heavy atom. The van der Waals surface area contributed by atoms with Crippen LogP contribution >= 0.6 is 11.6 Å². The molecule has 0 aliphatic rings. The molecular formula is C8H5ClF3NO3. The number of nitrogens with zero attached hydrogens (tertiary/aromatic N) is 1. The Bertz CT molecular complexity index is 400. The van der Waals surface area contributed by atoms with E-state index in [1.54, 1.807) is 0 Å². The van der Waals surface area contributed by atoms with Crippen LogP contribution in [0.2, 0.25) is 0 Å². The van der Waals surface area contributed by atoms with E-state index < -0.39 is 29.2 Å². The van der Waals surface area contributed by atoms with Gasteiger partial charge >= 0.3 is 12.1 Å². The standard InChI is InChI=1S/C8H5ClF3NO3/c9-7(10)8(11,12)16-4-2-1-3-13-5(4)6(14)15/h1-3,7H,(H,14,15). The second-order valence-corrected chi connectivity index (χ2v) is 3.00. The van der Waals surface area contributed by atoms with E-state index in [0.29, 0.717) is 0 Å². The van der Waals surface area contributed by atoms with Crippen molar-refractivity contribution in [1.29, 1.82) is 0 Å². The van der Waals surface area contributed by atoms with E-state index in [1.807, 2.05) is 0 Å². The van der Waals surface area contributed by atoms with Crippen LogP contribution in [0.25, 0.3) is 0 Å². The van der Waals surface area contributed by atoms with Gasteiger partial charge in [0.05, 0.1) is 0 Å². The molecule has 4 nitrogen and oxygen atoms in total. The molecule has 0 fully saturated rings. The molecule has 0 amide bonds. The van der Waals surface area contributed by atoms with Gasteiger partial charge < -0.3 is 9.84 Å². The second-order valence-electron chi connectivity index (χ2n) is 2.62. The van der Waals surface area contributed by atoms with Gasteiger partial charge in [-0.15, -0.1) is 0 Å². The van der Waals surface area contributed by atoms with Crippen LogP contribution in [0.1, 0.15) is 10.5 Å². The second kappa shape index (κ2) is 4.56. The minimum absolute atomic E-state index is 0.750. The molecule has 0 saturated heterocycles. The molecular weight excluding hydrogens is 251 g/mol. The summed E-state index contributed by atoms with van der Waals surface area (Å²) in [6.45, 7) is 0. The summed E-state index contributed by atoms with van der Waals surface area (Å²) in [5.41, 5.74) is -3.84. The van der Waals surface area contributed by atoms with E-state index in [9.17, 15) is 18.0 Å². The van der Waals surface area contributed by atoms with Crippen molar-refractivity contribution < 1.29 is 27.8 Å². The molecule has 0 radical (unpaired) electrons. The number of rotatable bonds is 4. The first kappa shape index (κ1) is 12.6. The van der Waals surface area contributed by atoms with Crippen molar-refractivity contribution in [3.8, 4) is 5.75 Å². The predicted molar refractivity (Wildman–Crippen MR) is 47.5 cm³/mol. The van der Waals surface area contributed by atoms with Gasteiger partial charge in [0.1, 0.15) is 0 Å². The van der Waals surface area contributed by atoms with E-state index >= 15 is 0 Å². The van der Waals surface area contributed by atoms with Gasteiger partial charge in [0.15, 0.2) is 11.4 Å². The number of carbonyl (C=O) groups is 1. The van der Waals surface area contributed by atoms with Crippen molar-refractivity contribution in [3.05, 3.63) is 24.0 Å². The number of aromatic nitrogens is 1. The van der Waals surface area contributed by atoms with Gasteiger partial charge in [0.2, 0.25) is 0 Å². The normalized spacial score (nSPS) is 13.2. The van der Waals surface area contributed by atoms with Gasteiger partial charge in [-0.3, -0.25) is 0 Å². The molecule has 0 aromatic carbocycles. The summed E-state index contributed by atoms with van der Waals surface area (Å²) in [4.78, 5) is 13.9. The first-order valence-electron chi connectivity index (χ1n) is 3.88. The van der Waals surface area contributed by atoms with Gasteiger partial charge in [0.25, 0.3) is 5.63 Å². The Morgan fingerprint density at radius 2 is 2.25 bits per heavy atom. The number of carboxylic acids is 1. The zero-order valence-electron chi connectivity index (χ0n) is 7.53. The zero-order valence-corrected chi connectivity index (χ0v) is 8.29. The van der Waals surface area contributed by atoms with Crippen LogP contribution in [-0.4, -0.2) is 27.8 Å². The number of aromatic carboxylic acids is 1. The largest absolute Gasteiger partial charge is 0.476 e. The summed E-state index contributed by atoms with van der Waals surface area (Å²) in [6, 6.07) is 2.09. The third-order valence-corrected chi connectivity index (χ3v) is 1.73. The number of alkyl halides is 4. The summed E-state index contributed by atoms with van der Waals surface area (Å²) in [6.07, 6.45) is -3.25. The van der Waals surface area contributed by atoms with Crippen LogP contribution in [0.5, 0.6) is 5.75 Å². The smallest absolute Gasteiger partial charge is 0.444 e. The maximum atomic E-state index is 12.7. The lowest BCUT2D eigenvalue weighted by Gasteiger charge is -2.18. The lowest BCUT2D eigenvalue weighted by atomic mass is 10.3. The Hall–Kier alpha value is -1.50. The van der Waals surface area contributed by atoms with Crippen LogP contribution in [-0.2, 0) is 0 Å². The van der Waals surface area contributed by atoms with Crippen LogP contribution in [0.15, 0.2) is 18.3 Å². The molecule has 16 heavy (non-hydrogen) atoms. The number of pyridine rings is 1. The first-order valence-corrected chi connectivity index (χ1v) is 4.31. The summed E-state index contributed by atoms with van der Waals surface area (Å²) < 4.78 is 41.5. The average Bonchev–Trinajstić information content (AvgIpc) is 2.17. The number of hydrogen-bond donors (Lipinski definition) is 1. The molecule has 8 heteroatoms. The zero-order chi connectivity index (χ0) is 12.3. The number of halogens is 4. The average molecular weight is 256 g/mol. The summed E-state index contributed by atoms with van der Waals surface area (Å²) >= 11 is 4.54. The summed E-state index contributed by atoms with van der Waals surface area (Å²) in [7, 11) is 0. The highest BCUT2D eigenvalue weighted by Crippen LogP contribution is 2.29. The Balaban J connectivity index is 3.02. The fourth-order valence-electron chi connectivity index (χ4n) is 0.825. The fourth-order valence-corrected chi connectivity index (χ4v) is 0.869. The van der Waals surface area contributed by atoms with Crippen LogP contribution in [0, 0.1) is 0 Å². The fraction of sp³-hybridized carbons (Fsp3) is 0.250. The molecule has 0 bridgehead atoms. The molecule has 0 spiro atoms. The minimum Gasteiger partial charge on any atom is -0.476 e. The lowest BCUT2D eigenvalue weighted by molar-refractivity contribution is -0.199. The Labute approximate surface area is 92.6 Å². The minimum atomic E-state index is -4.32. The van der Waals surface area contributed by atoms with Crippen molar-refractivity contribution in [2.24, 2.45) is 0 Å². The SMILES string of the molecule is O=C(O)c1ncccc1OC(F)(F)C(F)Cl. The summed E-state index contributed by atoms with van der Waals surface area (Å²) in [5, 5.41) is 8.59. The molecule has 0 aliphatic heterocycles. The molecule has 1 N–H and O–H groups in total. The first-order chi connectivity index (χ1) is 7.34. The molecule has 0 aliphatic carbocycles. The highest BCUT2D eigenvalue weighted by molar-refractivity contribution is 6.20. The maximum absolute atomic E-state index is 12.7. The van der Waals surface area contributed by atoms with E-state index in [0.717, 1.165) is 12.3 Å². The van der Waals surface area contributed by atoms with Crippen LogP contribution < -0.4 is 4.74 Å². The molecule has 1 atom stereocenters. The molecule has 1 aromatic heterocycles. The van der Waals surface area contributed by atoms with Gasteiger partial charge in [-0.25, -0.2) is 14.2 Å². The Kier molecular flexibility index (Phi) is 3.58.